The fraction of sp³-hybridized carbons (Fsp3) is 0.306. The Bertz CT molecular complexity index is 1920. The fourth-order valence-corrected chi connectivity index (χ4v) is 6.29. The molecule has 11 nitrogen and oxygen atoms in total. The Morgan fingerprint density at radius 1 is 0.980 bits per heavy atom. The number of aromatic amines is 1. The van der Waals surface area contributed by atoms with Crippen LogP contribution in [0.2, 0.25) is 0 Å². The van der Waals surface area contributed by atoms with Crippen LogP contribution in [-0.4, -0.2) is 71.7 Å². The second kappa shape index (κ2) is 14.4. The van der Waals surface area contributed by atoms with Crippen LogP contribution in [0, 0.1) is 18.6 Å². The predicted octanol–water partition coefficient (Wildman–Crippen LogP) is 4.78. The van der Waals surface area contributed by atoms with Crippen molar-refractivity contribution in [2.45, 2.75) is 39.2 Å². The molecule has 0 bridgehead atoms. The van der Waals surface area contributed by atoms with Crippen molar-refractivity contribution in [1.82, 2.24) is 25.5 Å². The van der Waals surface area contributed by atoms with Crippen LogP contribution in [-0.2, 0) is 16.1 Å². The largest absolute Gasteiger partial charge is 0.351 e. The Kier molecular flexibility index (Phi) is 9.81. The molecule has 49 heavy (non-hydrogen) atoms. The molecule has 4 N–H and O–H groups in total. The Morgan fingerprint density at radius 3 is 2.43 bits per heavy atom. The van der Waals surface area contributed by atoms with Crippen LogP contribution in [0.15, 0.2) is 54.6 Å². The number of fused-ring (bicyclic) bond motifs is 1. The van der Waals surface area contributed by atoms with E-state index < -0.39 is 29.9 Å². The molecule has 1 saturated heterocycles. The monoisotopic (exact) mass is 669 g/mol. The van der Waals surface area contributed by atoms with Crippen molar-refractivity contribution in [3.63, 3.8) is 0 Å². The van der Waals surface area contributed by atoms with Gasteiger partial charge in [0, 0.05) is 42.6 Å². The minimum absolute atomic E-state index is 0.152. The number of nitrogens with zero attached hydrogens (tertiary/aromatic N) is 3. The number of rotatable bonds is 11. The summed E-state index contributed by atoms with van der Waals surface area (Å²) in [4.78, 5) is 62.4. The van der Waals surface area contributed by atoms with E-state index in [1.807, 2.05) is 0 Å². The second-order valence-corrected chi connectivity index (χ2v) is 12.2. The van der Waals surface area contributed by atoms with Crippen molar-refractivity contribution < 1.29 is 28.0 Å². The zero-order chi connectivity index (χ0) is 34.7. The highest BCUT2D eigenvalue weighted by Crippen LogP contribution is 2.37. The average molecular weight is 670 g/mol. The van der Waals surface area contributed by atoms with Gasteiger partial charge in [-0.3, -0.25) is 19.2 Å². The second-order valence-electron chi connectivity index (χ2n) is 12.2. The maximum atomic E-state index is 15.6. The van der Waals surface area contributed by atoms with Crippen molar-refractivity contribution in [3.8, 4) is 22.5 Å². The number of nitrogens with one attached hydrogen (secondary N) is 4. The van der Waals surface area contributed by atoms with Gasteiger partial charge >= 0.3 is 0 Å². The van der Waals surface area contributed by atoms with E-state index in [2.05, 4.69) is 30.8 Å². The molecule has 0 atom stereocenters. The third-order valence-corrected chi connectivity index (χ3v) is 8.91. The highest BCUT2D eigenvalue weighted by Gasteiger charge is 2.29. The summed E-state index contributed by atoms with van der Waals surface area (Å²) in [5.74, 6) is -2.51. The molecule has 6 rings (SSSR count). The lowest BCUT2D eigenvalue weighted by molar-refractivity contribution is -0.125. The number of anilines is 2. The molecule has 3 heterocycles. The minimum atomic E-state index is -0.643. The maximum Gasteiger partial charge on any atom is 0.269 e. The first kappa shape index (κ1) is 33.5. The minimum Gasteiger partial charge on any atom is -0.351 e. The Labute approximate surface area is 282 Å². The average Bonchev–Trinajstić information content (AvgIpc) is 3.84. The molecule has 2 aliphatic heterocycles. The predicted molar refractivity (Wildman–Crippen MR) is 181 cm³/mol. The molecule has 0 unspecified atom stereocenters. The van der Waals surface area contributed by atoms with E-state index in [1.165, 1.54) is 61.2 Å². The first-order chi connectivity index (χ1) is 23.6. The number of carbonyl (C=O) groups is 4. The van der Waals surface area contributed by atoms with Crippen molar-refractivity contribution in [1.29, 1.82) is 0 Å². The van der Waals surface area contributed by atoms with Gasteiger partial charge in [0.15, 0.2) is 0 Å². The molecule has 254 valence electrons. The SMILES string of the molecule is Cc1nc(-c2ccc(-c3ccc(NC(=O)CC(=O)N(C)c4ccc(F)cc4)cc3F)c3c2C(=O)NC3)[nH]c1C(=O)NCCCN1CCCC1. The molecule has 0 spiro atoms. The van der Waals surface area contributed by atoms with Gasteiger partial charge in [0.2, 0.25) is 11.8 Å². The van der Waals surface area contributed by atoms with Gasteiger partial charge in [-0.05, 0) is 105 Å². The fourth-order valence-electron chi connectivity index (χ4n) is 6.29. The summed E-state index contributed by atoms with van der Waals surface area (Å²) in [6, 6.07) is 12.8. The molecule has 1 aromatic heterocycles. The zero-order valence-electron chi connectivity index (χ0n) is 27.3. The van der Waals surface area contributed by atoms with E-state index in [9.17, 15) is 23.6 Å². The Morgan fingerprint density at radius 2 is 1.69 bits per heavy atom. The molecule has 4 amide bonds. The van der Waals surface area contributed by atoms with E-state index >= 15 is 4.39 Å². The Balaban J connectivity index is 1.14. The van der Waals surface area contributed by atoms with E-state index in [0.717, 1.165) is 32.1 Å². The number of H-pyrrole nitrogens is 1. The molecule has 2 aliphatic rings. The highest BCUT2D eigenvalue weighted by molar-refractivity contribution is 6.09. The molecule has 3 aromatic carbocycles. The number of aromatic nitrogens is 2. The van der Waals surface area contributed by atoms with Gasteiger partial charge in [0.25, 0.3) is 11.8 Å². The molecular weight excluding hydrogens is 632 g/mol. The van der Waals surface area contributed by atoms with E-state index in [-0.39, 0.29) is 29.6 Å². The standard InChI is InChI=1S/C36H37F2N7O4/c1-21-33(36(49)39-14-5-17-45-15-3-4-16-45)43-34(41-21)27-13-12-25(28-20-40-35(48)32(27)28)26-11-8-23(18-29(26)38)42-30(46)19-31(47)44(2)24-9-6-22(37)7-10-24/h6-13,18H,3-5,14-17,19-20H2,1-2H3,(H,39,49)(H,40,48)(H,41,43)(H,42,46). The van der Waals surface area contributed by atoms with Crippen LogP contribution in [0.4, 0.5) is 20.2 Å². The number of benzene rings is 3. The molecule has 0 aliphatic carbocycles. The quantitative estimate of drug-likeness (QED) is 0.134. The van der Waals surface area contributed by atoms with Crippen LogP contribution in [0.25, 0.3) is 22.5 Å². The normalized spacial score (nSPS) is 14.0. The lowest BCUT2D eigenvalue weighted by atomic mass is 9.92. The zero-order valence-corrected chi connectivity index (χ0v) is 27.3. The van der Waals surface area contributed by atoms with Crippen molar-refractivity contribution >= 4 is 35.0 Å². The molecule has 13 heteroatoms. The van der Waals surface area contributed by atoms with Crippen LogP contribution in [0.1, 0.15) is 57.8 Å². The number of carbonyl (C=O) groups excluding carboxylic acids is 4. The number of amides is 4. The molecule has 4 aromatic rings. The molecule has 1 fully saturated rings. The lowest BCUT2D eigenvalue weighted by Gasteiger charge is -2.17. The van der Waals surface area contributed by atoms with Gasteiger partial charge in [0.1, 0.15) is 29.6 Å². The van der Waals surface area contributed by atoms with Gasteiger partial charge in [-0.25, -0.2) is 13.8 Å². The first-order valence-electron chi connectivity index (χ1n) is 16.2. The number of halogens is 2. The van der Waals surface area contributed by atoms with Gasteiger partial charge in [-0.15, -0.1) is 0 Å². The Hall–Kier alpha value is -5.43. The van der Waals surface area contributed by atoms with Gasteiger partial charge in [-0.1, -0.05) is 6.07 Å². The van der Waals surface area contributed by atoms with Crippen LogP contribution < -0.4 is 20.9 Å². The van der Waals surface area contributed by atoms with E-state index in [0.29, 0.717) is 51.7 Å². The van der Waals surface area contributed by atoms with Crippen molar-refractivity contribution in [2.75, 3.05) is 43.4 Å². The number of aryl methyl sites for hydroxylation is 1. The van der Waals surface area contributed by atoms with Crippen molar-refractivity contribution in [3.05, 3.63) is 88.7 Å². The summed E-state index contributed by atoms with van der Waals surface area (Å²) in [6.45, 7) is 5.58. The smallest absolute Gasteiger partial charge is 0.269 e. The maximum absolute atomic E-state index is 15.6. The van der Waals surface area contributed by atoms with E-state index in [1.54, 1.807) is 19.1 Å². The van der Waals surface area contributed by atoms with Gasteiger partial charge in [0.05, 0.1) is 11.3 Å². The number of hydrogen-bond donors (Lipinski definition) is 4. The topological polar surface area (TPSA) is 140 Å². The highest BCUT2D eigenvalue weighted by atomic mass is 19.1. The summed E-state index contributed by atoms with van der Waals surface area (Å²) >= 11 is 0. The molecule has 0 radical (unpaired) electrons. The summed E-state index contributed by atoms with van der Waals surface area (Å²) < 4.78 is 28.8. The molecular formula is C36H37F2N7O4. The lowest BCUT2D eigenvalue weighted by Crippen LogP contribution is -2.30. The summed E-state index contributed by atoms with van der Waals surface area (Å²) in [7, 11) is 1.47. The first-order valence-corrected chi connectivity index (χ1v) is 16.2. The summed E-state index contributed by atoms with van der Waals surface area (Å²) in [5, 5.41) is 8.30. The summed E-state index contributed by atoms with van der Waals surface area (Å²) in [6.07, 6.45) is 2.78. The van der Waals surface area contributed by atoms with E-state index in [4.69, 9.17) is 0 Å². The van der Waals surface area contributed by atoms with Crippen LogP contribution in [0.3, 0.4) is 0 Å². The number of likely N-dealkylation sites (tertiary alicyclic amines) is 1. The van der Waals surface area contributed by atoms with Crippen molar-refractivity contribution in [2.24, 2.45) is 0 Å². The van der Waals surface area contributed by atoms with Crippen LogP contribution in [0.5, 0.6) is 0 Å². The third-order valence-electron chi connectivity index (χ3n) is 8.91. The van der Waals surface area contributed by atoms with Gasteiger partial charge in [-0.2, -0.15) is 0 Å². The summed E-state index contributed by atoms with van der Waals surface area (Å²) in [5.41, 5.74) is 3.50. The number of hydrogen-bond acceptors (Lipinski definition) is 6. The molecule has 0 saturated carbocycles. The van der Waals surface area contributed by atoms with Gasteiger partial charge < -0.3 is 30.7 Å². The number of imidazole rings is 1. The van der Waals surface area contributed by atoms with Crippen LogP contribution >= 0.6 is 0 Å². The third kappa shape index (κ3) is 7.36.